The second-order valence-corrected chi connectivity index (χ2v) is 4.64. The summed E-state index contributed by atoms with van der Waals surface area (Å²) in [6.45, 7) is 3.95. The van der Waals surface area contributed by atoms with Crippen molar-refractivity contribution in [2.45, 2.75) is 32.2 Å². The van der Waals surface area contributed by atoms with Crippen LogP contribution in [0, 0.1) is 0 Å². The van der Waals surface area contributed by atoms with Gasteiger partial charge in [-0.15, -0.1) is 13.2 Å². The summed E-state index contributed by atoms with van der Waals surface area (Å²) in [5.41, 5.74) is 5.28. The van der Waals surface area contributed by atoms with E-state index < -0.39 is 17.8 Å². The third kappa shape index (κ3) is 4.73. The smallest absolute Gasteiger partial charge is 0.406 e. The quantitative estimate of drug-likeness (QED) is 0.875. The van der Waals surface area contributed by atoms with Gasteiger partial charge in [-0.25, -0.2) is 0 Å². The molecule has 3 N–H and O–H groups in total. The number of alkyl halides is 3. The van der Waals surface area contributed by atoms with E-state index in [1.54, 1.807) is 6.92 Å². The van der Waals surface area contributed by atoms with Crippen LogP contribution in [0.3, 0.4) is 0 Å². The van der Waals surface area contributed by atoms with Crippen molar-refractivity contribution < 1.29 is 22.7 Å². The lowest BCUT2D eigenvalue weighted by Crippen LogP contribution is -2.50. The number of benzene rings is 1. The maximum atomic E-state index is 12.0. The second-order valence-electron chi connectivity index (χ2n) is 4.64. The van der Waals surface area contributed by atoms with Gasteiger partial charge in [-0.3, -0.25) is 4.79 Å². The summed E-state index contributed by atoms with van der Waals surface area (Å²) in [6.07, 6.45) is -4.10. The van der Waals surface area contributed by atoms with E-state index in [0.29, 0.717) is 6.42 Å². The molecule has 0 spiro atoms. The minimum Gasteiger partial charge on any atom is -0.406 e. The predicted octanol–water partition coefficient (Wildman–Crippen LogP) is 2.44. The molecule has 1 amide bonds. The molecule has 4 nitrogen and oxygen atoms in total. The van der Waals surface area contributed by atoms with Crippen LogP contribution >= 0.6 is 0 Å². The standard InChI is InChI=1S/C13H17F3N2O2/c1-3-12(2,8-17)18-11(19)9-4-6-10(7-5-9)20-13(14,15)16/h4-7H,3,8,17H2,1-2H3,(H,18,19). The summed E-state index contributed by atoms with van der Waals surface area (Å²) < 4.78 is 39.7. The highest BCUT2D eigenvalue weighted by Gasteiger charge is 2.31. The van der Waals surface area contributed by atoms with Gasteiger partial charge in [0.15, 0.2) is 0 Å². The van der Waals surface area contributed by atoms with Gasteiger partial charge in [0.25, 0.3) is 5.91 Å². The van der Waals surface area contributed by atoms with Gasteiger partial charge in [0.1, 0.15) is 5.75 Å². The highest BCUT2D eigenvalue weighted by molar-refractivity contribution is 5.94. The summed E-state index contributed by atoms with van der Waals surface area (Å²) in [6, 6.07) is 4.72. The maximum absolute atomic E-state index is 12.0. The Bertz CT molecular complexity index is 454. The number of nitrogens with one attached hydrogen (secondary N) is 1. The number of amides is 1. The van der Waals surface area contributed by atoms with Crippen molar-refractivity contribution in [3.63, 3.8) is 0 Å². The number of nitrogens with two attached hydrogens (primary N) is 1. The average Bonchev–Trinajstić information content (AvgIpc) is 2.37. The number of halogens is 3. The Morgan fingerprint density at radius 1 is 1.30 bits per heavy atom. The van der Waals surface area contributed by atoms with E-state index >= 15 is 0 Å². The van der Waals surface area contributed by atoms with Gasteiger partial charge in [-0.2, -0.15) is 0 Å². The van der Waals surface area contributed by atoms with Gasteiger partial charge in [-0.1, -0.05) is 6.92 Å². The van der Waals surface area contributed by atoms with Crippen LogP contribution in [-0.4, -0.2) is 24.4 Å². The average molecular weight is 290 g/mol. The van der Waals surface area contributed by atoms with E-state index in [1.165, 1.54) is 12.1 Å². The Hall–Kier alpha value is -1.76. The number of ether oxygens (including phenoxy) is 1. The van der Waals surface area contributed by atoms with Crippen LogP contribution in [0.25, 0.3) is 0 Å². The molecular formula is C13H17F3N2O2. The molecule has 0 aliphatic heterocycles. The monoisotopic (exact) mass is 290 g/mol. The van der Waals surface area contributed by atoms with E-state index in [0.717, 1.165) is 12.1 Å². The molecule has 1 aromatic carbocycles. The molecule has 0 aliphatic carbocycles. The van der Waals surface area contributed by atoms with E-state index in [1.807, 2.05) is 6.92 Å². The van der Waals surface area contributed by atoms with Crippen LogP contribution in [0.5, 0.6) is 5.75 Å². The van der Waals surface area contributed by atoms with Gasteiger partial charge < -0.3 is 15.8 Å². The van der Waals surface area contributed by atoms with Gasteiger partial charge >= 0.3 is 6.36 Å². The lowest BCUT2D eigenvalue weighted by atomic mass is 9.98. The molecule has 1 atom stereocenters. The van der Waals surface area contributed by atoms with Crippen molar-refractivity contribution in [3.05, 3.63) is 29.8 Å². The van der Waals surface area contributed by atoms with Crippen LogP contribution in [0.2, 0.25) is 0 Å². The highest BCUT2D eigenvalue weighted by atomic mass is 19.4. The summed E-state index contributed by atoms with van der Waals surface area (Å²) in [7, 11) is 0. The molecule has 0 saturated carbocycles. The first kappa shape index (κ1) is 16.3. The van der Waals surface area contributed by atoms with Crippen LogP contribution < -0.4 is 15.8 Å². The van der Waals surface area contributed by atoms with E-state index in [9.17, 15) is 18.0 Å². The Morgan fingerprint density at radius 3 is 2.25 bits per heavy atom. The molecule has 0 aromatic heterocycles. The SMILES string of the molecule is CCC(C)(CN)NC(=O)c1ccc(OC(F)(F)F)cc1. The Morgan fingerprint density at radius 2 is 1.85 bits per heavy atom. The van der Waals surface area contributed by atoms with Crippen molar-refractivity contribution >= 4 is 5.91 Å². The molecular weight excluding hydrogens is 273 g/mol. The zero-order chi connectivity index (χ0) is 15.4. The lowest BCUT2D eigenvalue weighted by Gasteiger charge is -2.27. The second kappa shape index (κ2) is 6.13. The summed E-state index contributed by atoms with van der Waals surface area (Å²) in [4.78, 5) is 11.9. The van der Waals surface area contributed by atoms with Gasteiger partial charge in [0.2, 0.25) is 0 Å². The zero-order valence-corrected chi connectivity index (χ0v) is 11.3. The zero-order valence-electron chi connectivity index (χ0n) is 11.3. The molecule has 20 heavy (non-hydrogen) atoms. The van der Waals surface area contributed by atoms with Crippen molar-refractivity contribution in [2.24, 2.45) is 5.73 Å². The summed E-state index contributed by atoms with van der Waals surface area (Å²) in [5, 5.41) is 2.75. The van der Waals surface area contributed by atoms with Crippen molar-refractivity contribution in [3.8, 4) is 5.75 Å². The molecule has 0 fully saturated rings. The Balaban J connectivity index is 2.76. The van der Waals surface area contributed by atoms with Crippen LogP contribution in [0.1, 0.15) is 30.6 Å². The van der Waals surface area contributed by atoms with Crippen LogP contribution in [-0.2, 0) is 0 Å². The maximum Gasteiger partial charge on any atom is 0.573 e. The van der Waals surface area contributed by atoms with Gasteiger partial charge in [0, 0.05) is 17.6 Å². The molecule has 0 aliphatic rings. The normalized spacial score (nSPS) is 14.5. The molecule has 0 radical (unpaired) electrons. The lowest BCUT2D eigenvalue weighted by molar-refractivity contribution is -0.274. The molecule has 0 bridgehead atoms. The largest absolute Gasteiger partial charge is 0.573 e. The first-order valence-corrected chi connectivity index (χ1v) is 6.07. The van der Waals surface area contributed by atoms with E-state index in [2.05, 4.69) is 10.1 Å². The minimum atomic E-state index is -4.75. The number of hydrogen-bond donors (Lipinski definition) is 2. The fraction of sp³-hybridized carbons (Fsp3) is 0.462. The van der Waals surface area contributed by atoms with E-state index in [4.69, 9.17) is 5.73 Å². The Labute approximate surface area is 115 Å². The fourth-order valence-electron chi connectivity index (χ4n) is 1.44. The summed E-state index contributed by atoms with van der Waals surface area (Å²) in [5.74, 6) is -0.760. The van der Waals surface area contributed by atoms with E-state index in [-0.39, 0.29) is 17.9 Å². The van der Waals surface area contributed by atoms with Crippen LogP contribution in [0.4, 0.5) is 13.2 Å². The molecule has 7 heteroatoms. The molecule has 1 unspecified atom stereocenters. The Kier molecular flexibility index (Phi) is 4.99. The third-order valence-corrected chi connectivity index (χ3v) is 3.00. The van der Waals surface area contributed by atoms with Crippen molar-refractivity contribution in [2.75, 3.05) is 6.54 Å². The van der Waals surface area contributed by atoms with Crippen molar-refractivity contribution in [1.29, 1.82) is 0 Å². The third-order valence-electron chi connectivity index (χ3n) is 3.00. The highest BCUT2D eigenvalue weighted by Crippen LogP contribution is 2.22. The topological polar surface area (TPSA) is 64.3 Å². The minimum absolute atomic E-state index is 0.243. The number of carbonyl (C=O) groups is 1. The van der Waals surface area contributed by atoms with Gasteiger partial charge in [-0.05, 0) is 37.6 Å². The van der Waals surface area contributed by atoms with Crippen molar-refractivity contribution in [1.82, 2.24) is 5.32 Å². The first-order valence-electron chi connectivity index (χ1n) is 6.07. The van der Waals surface area contributed by atoms with Crippen LogP contribution in [0.15, 0.2) is 24.3 Å². The van der Waals surface area contributed by atoms with Gasteiger partial charge in [0.05, 0.1) is 0 Å². The number of carbonyl (C=O) groups excluding carboxylic acids is 1. The molecule has 1 rings (SSSR count). The number of rotatable bonds is 5. The summed E-state index contributed by atoms with van der Waals surface area (Å²) >= 11 is 0. The number of hydrogen-bond acceptors (Lipinski definition) is 3. The molecule has 1 aromatic rings. The first-order chi connectivity index (χ1) is 9.19. The molecule has 112 valence electrons. The molecule has 0 saturated heterocycles. The molecule has 0 heterocycles. The predicted molar refractivity (Wildman–Crippen MR) is 68.3 cm³/mol. The fourth-order valence-corrected chi connectivity index (χ4v) is 1.44.